The summed E-state index contributed by atoms with van der Waals surface area (Å²) in [7, 11) is 1.76. The molecule has 6 heteroatoms. The number of nitrogens with one attached hydrogen (secondary N) is 2. The normalized spacial score (nSPS) is 11.6. The summed E-state index contributed by atoms with van der Waals surface area (Å²) in [4.78, 5) is 9.86. The van der Waals surface area contributed by atoms with Crippen LogP contribution >= 0.6 is 11.3 Å². The topological polar surface area (TPSA) is 49.3 Å². The third kappa shape index (κ3) is 5.63. The third-order valence-electron chi connectivity index (χ3n) is 3.46. The molecule has 0 amide bonds. The number of thiazole rings is 1. The molecule has 0 saturated carbocycles. The van der Waals surface area contributed by atoms with Crippen LogP contribution in [0, 0.1) is 19.7 Å². The van der Waals surface area contributed by atoms with Crippen molar-refractivity contribution in [2.24, 2.45) is 4.99 Å². The molecule has 2 aromatic rings. The first-order valence-corrected chi connectivity index (χ1v) is 8.52. The van der Waals surface area contributed by atoms with Crippen molar-refractivity contribution in [3.63, 3.8) is 0 Å². The summed E-state index contributed by atoms with van der Waals surface area (Å²) in [5.74, 6) is 0.595. The Morgan fingerprint density at radius 3 is 2.78 bits per heavy atom. The number of benzene rings is 1. The maximum absolute atomic E-state index is 13.1. The van der Waals surface area contributed by atoms with Crippen molar-refractivity contribution in [2.45, 2.75) is 33.2 Å². The fourth-order valence-electron chi connectivity index (χ4n) is 2.31. The van der Waals surface area contributed by atoms with Crippen LogP contribution < -0.4 is 10.6 Å². The summed E-state index contributed by atoms with van der Waals surface area (Å²) >= 11 is 1.70. The van der Waals surface area contributed by atoms with Gasteiger partial charge in [-0.25, -0.2) is 9.37 Å². The van der Waals surface area contributed by atoms with Gasteiger partial charge in [0.25, 0.3) is 0 Å². The van der Waals surface area contributed by atoms with Crippen LogP contribution in [0.4, 0.5) is 4.39 Å². The third-order valence-corrected chi connectivity index (χ3v) is 4.54. The van der Waals surface area contributed by atoms with Crippen LogP contribution in [0.25, 0.3) is 0 Å². The minimum Gasteiger partial charge on any atom is -0.356 e. The van der Waals surface area contributed by atoms with Gasteiger partial charge in [0, 0.05) is 18.5 Å². The monoisotopic (exact) mass is 334 g/mol. The number of rotatable bonds is 6. The zero-order chi connectivity index (χ0) is 16.7. The number of aryl methyl sites for hydroxylation is 3. The van der Waals surface area contributed by atoms with Gasteiger partial charge in [0.05, 0.1) is 17.2 Å². The molecule has 0 fully saturated rings. The molecule has 4 nitrogen and oxygen atoms in total. The van der Waals surface area contributed by atoms with Crippen molar-refractivity contribution in [1.82, 2.24) is 15.6 Å². The second-order valence-corrected chi connectivity index (χ2v) is 6.62. The Bertz CT molecular complexity index is 666. The van der Waals surface area contributed by atoms with Gasteiger partial charge in [0.15, 0.2) is 5.96 Å². The number of hydrogen-bond acceptors (Lipinski definition) is 3. The van der Waals surface area contributed by atoms with Crippen LogP contribution in [0.5, 0.6) is 0 Å². The van der Waals surface area contributed by atoms with E-state index in [0.29, 0.717) is 0 Å². The molecule has 2 rings (SSSR count). The average molecular weight is 334 g/mol. The number of aromatic nitrogens is 1. The maximum Gasteiger partial charge on any atom is 0.191 e. The van der Waals surface area contributed by atoms with E-state index in [1.165, 1.54) is 10.9 Å². The van der Waals surface area contributed by atoms with E-state index < -0.39 is 0 Å². The molecule has 0 unspecified atom stereocenters. The lowest BCUT2D eigenvalue weighted by Crippen LogP contribution is -2.37. The highest BCUT2D eigenvalue weighted by Gasteiger charge is 2.05. The second kappa shape index (κ2) is 8.62. The fraction of sp³-hybridized carbons (Fsp3) is 0.412. The van der Waals surface area contributed by atoms with Gasteiger partial charge in [0.1, 0.15) is 5.82 Å². The van der Waals surface area contributed by atoms with Crippen molar-refractivity contribution in [3.8, 4) is 0 Å². The van der Waals surface area contributed by atoms with Crippen molar-refractivity contribution >= 4 is 17.3 Å². The summed E-state index contributed by atoms with van der Waals surface area (Å²) < 4.78 is 13.1. The first-order chi connectivity index (χ1) is 11.1. The molecule has 23 heavy (non-hydrogen) atoms. The van der Waals surface area contributed by atoms with E-state index in [-0.39, 0.29) is 5.82 Å². The number of nitrogens with zero attached hydrogens (tertiary/aromatic N) is 2. The molecule has 0 aliphatic rings. The Hall–Kier alpha value is -1.95. The summed E-state index contributed by atoms with van der Waals surface area (Å²) in [6.45, 7) is 5.55. The van der Waals surface area contributed by atoms with E-state index in [2.05, 4.69) is 20.6 Å². The van der Waals surface area contributed by atoms with Crippen molar-refractivity contribution < 1.29 is 4.39 Å². The van der Waals surface area contributed by atoms with E-state index in [1.54, 1.807) is 30.5 Å². The lowest BCUT2D eigenvalue weighted by atomic mass is 10.1. The number of aliphatic imine (C=N–C) groups is 1. The van der Waals surface area contributed by atoms with Crippen LogP contribution in [0.2, 0.25) is 0 Å². The van der Waals surface area contributed by atoms with Crippen LogP contribution in [-0.2, 0) is 13.0 Å². The van der Waals surface area contributed by atoms with Crippen molar-refractivity contribution in [2.75, 3.05) is 13.6 Å². The molecule has 124 valence electrons. The van der Waals surface area contributed by atoms with Gasteiger partial charge in [-0.15, -0.1) is 11.3 Å². The van der Waals surface area contributed by atoms with E-state index in [9.17, 15) is 4.39 Å². The molecule has 0 aliphatic carbocycles. The quantitative estimate of drug-likeness (QED) is 0.484. The largest absolute Gasteiger partial charge is 0.356 e. The molecular formula is C17H23FN4S. The standard InChI is InChI=1S/C17H23FN4S/c1-12-16(23-13(2)22-12)11-21-17(19-3)20-9-5-7-14-6-4-8-15(18)10-14/h4,6,8,10H,5,7,9,11H2,1-3H3,(H2,19,20,21). The molecule has 0 saturated heterocycles. The molecule has 0 bridgehead atoms. The summed E-state index contributed by atoms with van der Waals surface area (Å²) in [5.41, 5.74) is 2.09. The highest BCUT2D eigenvalue weighted by Crippen LogP contribution is 2.16. The van der Waals surface area contributed by atoms with Crippen molar-refractivity contribution in [3.05, 3.63) is 51.2 Å². The molecule has 1 aromatic heterocycles. The molecule has 1 heterocycles. The van der Waals surface area contributed by atoms with Crippen LogP contribution in [0.3, 0.4) is 0 Å². The maximum atomic E-state index is 13.1. The van der Waals surface area contributed by atoms with Gasteiger partial charge in [-0.2, -0.15) is 0 Å². The Kier molecular flexibility index (Phi) is 6.52. The van der Waals surface area contributed by atoms with E-state index in [1.807, 2.05) is 19.9 Å². The summed E-state index contributed by atoms with van der Waals surface area (Å²) in [6, 6.07) is 6.75. The van der Waals surface area contributed by atoms with Crippen LogP contribution in [-0.4, -0.2) is 24.5 Å². The molecule has 0 spiro atoms. The highest BCUT2D eigenvalue weighted by atomic mass is 32.1. The fourth-order valence-corrected chi connectivity index (χ4v) is 3.19. The lowest BCUT2D eigenvalue weighted by Gasteiger charge is -2.11. The smallest absolute Gasteiger partial charge is 0.191 e. The van der Waals surface area contributed by atoms with Gasteiger partial charge in [-0.1, -0.05) is 12.1 Å². The lowest BCUT2D eigenvalue weighted by molar-refractivity contribution is 0.624. The van der Waals surface area contributed by atoms with E-state index in [4.69, 9.17) is 0 Å². The first kappa shape index (κ1) is 17.4. The van der Waals surface area contributed by atoms with Gasteiger partial charge >= 0.3 is 0 Å². The molecular weight excluding hydrogens is 311 g/mol. The average Bonchev–Trinajstić information content (AvgIpc) is 2.84. The van der Waals surface area contributed by atoms with Gasteiger partial charge < -0.3 is 10.6 Å². The Balaban J connectivity index is 1.72. The predicted molar refractivity (Wildman–Crippen MR) is 94.5 cm³/mol. The van der Waals surface area contributed by atoms with E-state index in [0.717, 1.165) is 48.2 Å². The Morgan fingerprint density at radius 1 is 1.30 bits per heavy atom. The summed E-state index contributed by atoms with van der Waals surface area (Å²) in [5, 5.41) is 7.66. The number of hydrogen-bond donors (Lipinski definition) is 2. The highest BCUT2D eigenvalue weighted by molar-refractivity contribution is 7.11. The van der Waals surface area contributed by atoms with E-state index >= 15 is 0 Å². The SMILES string of the molecule is CN=C(NCCCc1cccc(F)c1)NCc1sc(C)nc1C. The van der Waals surface area contributed by atoms with Crippen molar-refractivity contribution in [1.29, 1.82) is 0 Å². The predicted octanol–water partition coefficient (Wildman–Crippen LogP) is 3.20. The minimum absolute atomic E-state index is 0.178. The molecule has 0 aliphatic heterocycles. The Labute approximate surface area is 140 Å². The molecule has 0 atom stereocenters. The van der Waals surface area contributed by atoms with Crippen LogP contribution in [0.15, 0.2) is 29.3 Å². The Morgan fingerprint density at radius 2 is 2.13 bits per heavy atom. The first-order valence-electron chi connectivity index (χ1n) is 7.70. The van der Waals surface area contributed by atoms with Gasteiger partial charge in [-0.3, -0.25) is 4.99 Å². The molecule has 1 aromatic carbocycles. The molecule has 0 radical (unpaired) electrons. The summed E-state index contributed by atoms with van der Waals surface area (Å²) in [6.07, 6.45) is 1.76. The molecule has 2 N–H and O–H groups in total. The van der Waals surface area contributed by atoms with Gasteiger partial charge in [-0.05, 0) is 44.4 Å². The van der Waals surface area contributed by atoms with Crippen LogP contribution in [0.1, 0.15) is 27.6 Å². The number of guanidine groups is 1. The van der Waals surface area contributed by atoms with Gasteiger partial charge in [0.2, 0.25) is 0 Å². The zero-order valence-corrected chi connectivity index (χ0v) is 14.6. The second-order valence-electron chi connectivity index (χ2n) is 5.33. The minimum atomic E-state index is -0.178. The number of halogens is 1. The zero-order valence-electron chi connectivity index (χ0n) is 13.8.